The molecule has 9 heteroatoms. The van der Waals surface area contributed by atoms with E-state index in [1.165, 1.54) is 23.3 Å². The van der Waals surface area contributed by atoms with E-state index in [0.717, 1.165) is 15.4 Å². The first kappa shape index (κ1) is 20.2. The molecule has 1 N–H and O–H groups in total. The summed E-state index contributed by atoms with van der Waals surface area (Å²) in [6.45, 7) is 0.194. The third-order valence-electron chi connectivity index (χ3n) is 3.42. The van der Waals surface area contributed by atoms with Crippen molar-refractivity contribution in [3.8, 4) is 16.3 Å². The van der Waals surface area contributed by atoms with Gasteiger partial charge in [0, 0.05) is 23.2 Å². The minimum absolute atomic E-state index is 0.314. The standard InChI is InChI=1S/C17H20F3N3O2S/c1-23(11-17(18,19)20)7-2-8-25-14-5-3-13(4-6-14)16-22-10-15(26-16)9-21-12-24/h3-6,10,12H,2,7-9,11H2,1H3,(H,21,24). The van der Waals surface area contributed by atoms with Crippen LogP contribution in [0.3, 0.4) is 0 Å². The van der Waals surface area contributed by atoms with E-state index in [1.54, 1.807) is 18.3 Å². The van der Waals surface area contributed by atoms with Gasteiger partial charge < -0.3 is 10.1 Å². The predicted octanol–water partition coefficient (Wildman–Crippen LogP) is 3.32. The Morgan fingerprint density at radius 2 is 2.04 bits per heavy atom. The number of aromatic nitrogens is 1. The summed E-state index contributed by atoms with van der Waals surface area (Å²) in [7, 11) is 1.44. The lowest BCUT2D eigenvalue weighted by atomic mass is 10.2. The highest BCUT2D eigenvalue weighted by atomic mass is 32.1. The molecule has 1 aromatic carbocycles. The zero-order valence-corrected chi connectivity index (χ0v) is 15.1. The molecule has 1 amide bonds. The third kappa shape index (κ3) is 7.01. The number of rotatable bonds is 10. The molecule has 0 fully saturated rings. The molecule has 0 saturated heterocycles. The highest BCUT2D eigenvalue weighted by molar-refractivity contribution is 7.15. The van der Waals surface area contributed by atoms with Gasteiger partial charge in [-0.15, -0.1) is 11.3 Å². The second-order valence-electron chi connectivity index (χ2n) is 5.71. The van der Waals surface area contributed by atoms with E-state index in [4.69, 9.17) is 4.74 Å². The molecule has 0 radical (unpaired) electrons. The van der Waals surface area contributed by atoms with Crippen LogP contribution in [-0.4, -0.2) is 49.2 Å². The molecule has 142 valence electrons. The molecule has 2 rings (SSSR count). The average Bonchev–Trinajstić information content (AvgIpc) is 3.05. The predicted molar refractivity (Wildman–Crippen MR) is 94.1 cm³/mol. The zero-order valence-electron chi connectivity index (χ0n) is 14.3. The van der Waals surface area contributed by atoms with Crippen LogP contribution >= 0.6 is 11.3 Å². The van der Waals surface area contributed by atoms with Crippen LogP contribution in [0.1, 0.15) is 11.3 Å². The van der Waals surface area contributed by atoms with E-state index >= 15 is 0 Å². The molecular weight excluding hydrogens is 367 g/mol. The lowest BCUT2D eigenvalue weighted by Gasteiger charge is -2.18. The highest BCUT2D eigenvalue weighted by Crippen LogP contribution is 2.26. The molecule has 0 aliphatic carbocycles. The molecule has 2 aromatic rings. The molecule has 0 aliphatic rings. The van der Waals surface area contributed by atoms with Crippen LogP contribution in [-0.2, 0) is 11.3 Å². The lowest BCUT2D eigenvalue weighted by Crippen LogP contribution is -2.32. The Labute approximate surface area is 153 Å². The molecule has 1 aromatic heterocycles. The normalized spacial score (nSPS) is 11.6. The first-order valence-corrected chi connectivity index (χ1v) is 8.79. The summed E-state index contributed by atoms with van der Waals surface area (Å²) in [6.07, 6.45) is -1.30. The van der Waals surface area contributed by atoms with Crippen LogP contribution in [0.2, 0.25) is 0 Å². The molecule has 26 heavy (non-hydrogen) atoms. The Hall–Kier alpha value is -2.13. The number of halogens is 3. The zero-order chi connectivity index (χ0) is 19.0. The van der Waals surface area contributed by atoms with Crippen molar-refractivity contribution in [2.24, 2.45) is 0 Å². The van der Waals surface area contributed by atoms with E-state index in [2.05, 4.69) is 10.3 Å². The monoisotopic (exact) mass is 387 g/mol. The van der Waals surface area contributed by atoms with E-state index in [-0.39, 0.29) is 0 Å². The molecule has 0 atom stereocenters. The fraction of sp³-hybridized carbons (Fsp3) is 0.412. The third-order valence-corrected chi connectivity index (χ3v) is 4.46. The summed E-state index contributed by atoms with van der Waals surface area (Å²) in [5, 5.41) is 3.43. The Kier molecular flexibility index (Phi) is 7.40. The van der Waals surface area contributed by atoms with Crippen molar-refractivity contribution >= 4 is 17.7 Å². The quantitative estimate of drug-likeness (QED) is 0.502. The van der Waals surface area contributed by atoms with Crippen molar-refractivity contribution in [2.45, 2.75) is 19.1 Å². The van der Waals surface area contributed by atoms with Crippen molar-refractivity contribution in [3.63, 3.8) is 0 Å². The van der Waals surface area contributed by atoms with E-state index in [0.29, 0.717) is 38.3 Å². The Morgan fingerprint density at radius 1 is 1.31 bits per heavy atom. The molecule has 0 unspecified atom stereocenters. The molecule has 5 nitrogen and oxygen atoms in total. The number of carbonyl (C=O) groups is 1. The fourth-order valence-corrected chi connectivity index (χ4v) is 3.14. The molecule has 0 aliphatic heterocycles. The van der Waals surface area contributed by atoms with E-state index < -0.39 is 12.7 Å². The van der Waals surface area contributed by atoms with Gasteiger partial charge in [-0.3, -0.25) is 9.69 Å². The minimum atomic E-state index is -4.18. The minimum Gasteiger partial charge on any atom is -0.494 e. The van der Waals surface area contributed by atoms with Gasteiger partial charge in [0.05, 0.1) is 19.7 Å². The molecule has 0 bridgehead atoms. The van der Waals surface area contributed by atoms with Crippen LogP contribution in [0.15, 0.2) is 30.5 Å². The van der Waals surface area contributed by atoms with Crippen LogP contribution in [0.4, 0.5) is 13.2 Å². The first-order valence-electron chi connectivity index (χ1n) is 7.97. The van der Waals surface area contributed by atoms with E-state index in [1.807, 2.05) is 12.1 Å². The fourth-order valence-electron chi connectivity index (χ4n) is 2.27. The summed E-state index contributed by atoms with van der Waals surface area (Å²) >= 11 is 1.49. The number of nitrogens with one attached hydrogen (secondary N) is 1. The van der Waals surface area contributed by atoms with Gasteiger partial charge in [0.1, 0.15) is 10.8 Å². The van der Waals surface area contributed by atoms with Gasteiger partial charge in [0.15, 0.2) is 0 Å². The smallest absolute Gasteiger partial charge is 0.401 e. The summed E-state index contributed by atoms with van der Waals surface area (Å²) in [5.74, 6) is 0.659. The van der Waals surface area contributed by atoms with Crippen molar-refractivity contribution in [2.75, 3.05) is 26.7 Å². The number of alkyl halides is 3. The first-order chi connectivity index (χ1) is 12.4. The second-order valence-corrected chi connectivity index (χ2v) is 6.83. The van der Waals surface area contributed by atoms with Crippen LogP contribution < -0.4 is 10.1 Å². The summed E-state index contributed by atoms with van der Waals surface area (Å²) in [5.41, 5.74) is 0.935. The van der Waals surface area contributed by atoms with Gasteiger partial charge in [-0.25, -0.2) is 4.98 Å². The molecule has 1 heterocycles. The van der Waals surface area contributed by atoms with Crippen molar-refractivity contribution in [3.05, 3.63) is 35.3 Å². The lowest BCUT2D eigenvalue weighted by molar-refractivity contribution is -0.143. The van der Waals surface area contributed by atoms with Crippen molar-refractivity contribution in [1.29, 1.82) is 0 Å². The summed E-state index contributed by atoms with van der Waals surface area (Å²) in [6, 6.07) is 7.36. The molecular formula is C17H20F3N3O2S. The van der Waals surface area contributed by atoms with Gasteiger partial charge in [-0.2, -0.15) is 13.2 Å². The number of hydrogen-bond acceptors (Lipinski definition) is 5. The maximum Gasteiger partial charge on any atom is 0.401 e. The number of carbonyl (C=O) groups excluding carboxylic acids is 1. The average molecular weight is 387 g/mol. The highest BCUT2D eigenvalue weighted by Gasteiger charge is 2.28. The number of hydrogen-bond donors (Lipinski definition) is 1. The maximum absolute atomic E-state index is 12.2. The van der Waals surface area contributed by atoms with Gasteiger partial charge in [-0.05, 0) is 37.7 Å². The van der Waals surface area contributed by atoms with E-state index in [9.17, 15) is 18.0 Å². The Morgan fingerprint density at radius 3 is 2.69 bits per heavy atom. The van der Waals surface area contributed by atoms with Crippen molar-refractivity contribution < 1.29 is 22.7 Å². The number of amides is 1. The number of ether oxygens (including phenoxy) is 1. The number of nitrogens with zero attached hydrogens (tertiary/aromatic N) is 2. The van der Waals surface area contributed by atoms with Crippen LogP contribution in [0, 0.1) is 0 Å². The summed E-state index contributed by atoms with van der Waals surface area (Å²) in [4.78, 5) is 16.8. The maximum atomic E-state index is 12.2. The molecule has 0 spiro atoms. The van der Waals surface area contributed by atoms with Crippen molar-refractivity contribution in [1.82, 2.24) is 15.2 Å². The number of benzene rings is 1. The largest absolute Gasteiger partial charge is 0.494 e. The van der Waals surface area contributed by atoms with Gasteiger partial charge in [-0.1, -0.05) is 0 Å². The Bertz CT molecular complexity index is 689. The number of thiazole rings is 1. The summed E-state index contributed by atoms with van der Waals surface area (Å²) < 4.78 is 42.2. The topological polar surface area (TPSA) is 54.5 Å². The Balaban J connectivity index is 1.77. The molecule has 0 saturated carbocycles. The SMILES string of the molecule is CN(CCCOc1ccc(-c2ncc(CNC=O)s2)cc1)CC(F)(F)F. The van der Waals surface area contributed by atoms with Gasteiger partial charge >= 0.3 is 6.18 Å². The van der Waals surface area contributed by atoms with Gasteiger partial charge in [0.2, 0.25) is 6.41 Å². The van der Waals surface area contributed by atoms with Crippen LogP contribution in [0.5, 0.6) is 5.75 Å². The van der Waals surface area contributed by atoms with Crippen LogP contribution in [0.25, 0.3) is 10.6 Å². The second kappa shape index (κ2) is 9.54. The van der Waals surface area contributed by atoms with Gasteiger partial charge in [0.25, 0.3) is 0 Å².